The van der Waals surface area contributed by atoms with E-state index in [1.165, 1.54) is 12.5 Å². The van der Waals surface area contributed by atoms with E-state index in [0.29, 0.717) is 23.8 Å². The smallest absolute Gasteiger partial charge is 0.178 e. The van der Waals surface area contributed by atoms with Gasteiger partial charge >= 0.3 is 0 Å². The van der Waals surface area contributed by atoms with E-state index in [9.17, 15) is 9.90 Å². The van der Waals surface area contributed by atoms with Crippen LogP contribution in [0, 0.1) is 34.5 Å². The second-order valence-corrected chi connectivity index (χ2v) is 9.08. The molecule has 8 atom stereocenters. The molecule has 3 saturated carbocycles. The van der Waals surface area contributed by atoms with E-state index in [4.69, 9.17) is 0 Å². The Morgan fingerprint density at radius 1 is 1.33 bits per heavy atom. The lowest BCUT2D eigenvalue weighted by atomic mass is 9.46. The molecule has 4 aliphatic rings. The zero-order valence-corrected chi connectivity index (χ0v) is 15.0. The molecule has 4 aliphatic carbocycles. The van der Waals surface area contributed by atoms with Crippen LogP contribution in [0.2, 0.25) is 0 Å². The van der Waals surface area contributed by atoms with E-state index in [1.807, 2.05) is 13.0 Å². The van der Waals surface area contributed by atoms with Crippen LogP contribution in [0.5, 0.6) is 0 Å². The van der Waals surface area contributed by atoms with E-state index in [-0.39, 0.29) is 23.0 Å². The van der Waals surface area contributed by atoms with Crippen molar-refractivity contribution in [2.45, 2.75) is 65.2 Å². The lowest BCUT2D eigenvalue weighted by Gasteiger charge is -2.59. The Balaban J connectivity index is 1.77. The highest BCUT2D eigenvalue weighted by molar-refractivity contribution is 6.01. The van der Waals surface area contributed by atoms with Crippen molar-refractivity contribution >= 4 is 5.78 Å². The molecule has 1 N–H and O–H groups in total. The van der Waals surface area contributed by atoms with Gasteiger partial charge in [-0.05, 0) is 66.6 Å². The fourth-order valence-electron chi connectivity index (χ4n) is 7.11. The van der Waals surface area contributed by atoms with Crippen molar-refractivity contribution in [3.8, 4) is 0 Å². The number of aliphatic hydroxyl groups is 1. The number of hydrogen-bond donors (Lipinski definition) is 1. The molecule has 24 heavy (non-hydrogen) atoms. The predicted molar refractivity (Wildman–Crippen MR) is 92.1 cm³/mol. The molecule has 3 fully saturated rings. The standard InChI is InChI=1S/C21H29FO2/c1-4-12-5-6-15-14-10-17(22)16-9-13(23)7-8-20(16,2)19(14)18(24)11-21(12,15)3/h7-9,12,14-15,17-19,24H,4-6,10-11H2,1-3H3/t12-,14-,15-,17-,18-,19+,20-,21+/m0/s1. The highest BCUT2D eigenvalue weighted by Crippen LogP contribution is 2.66. The van der Waals surface area contributed by atoms with Gasteiger partial charge in [0, 0.05) is 11.3 Å². The minimum absolute atomic E-state index is 0.0359. The Kier molecular flexibility index (Phi) is 3.62. The summed E-state index contributed by atoms with van der Waals surface area (Å²) in [4.78, 5) is 11.8. The average Bonchev–Trinajstić information content (AvgIpc) is 2.84. The molecule has 0 aromatic heterocycles. The number of aliphatic hydroxyl groups excluding tert-OH is 1. The molecule has 0 amide bonds. The van der Waals surface area contributed by atoms with Gasteiger partial charge in [0.05, 0.1) is 6.10 Å². The van der Waals surface area contributed by atoms with Gasteiger partial charge in [-0.15, -0.1) is 0 Å². The van der Waals surface area contributed by atoms with E-state index >= 15 is 4.39 Å². The van der Waals surface area contributed by atoms with Crippen LogP contribution >= 0.6 is 0 Å². The number of alkyl halides is 1. The highest BCUT2D eigenvalue weighted by atomic mass is 19.1. The van der Waals surface area contributed by atoms with Gasteiger partial charge < -0.3 is 5.11 Å². The number of ketones is 1. The first-order valence-corrected chi connectivity index (χ1v) is 9.58. The van der Waals surface area contributed by atoms with Crippen molar-refractivity contribution in [2.75, 3.05) is 0 Å². The number of allylic oxidation sites excluding steroid dienone is 4. The van der Waals surface area contributed by atoms with Crippen LogP contribution in [-0.4, -0.2) is 23.2 Å². The Morgan fingerprint density at radius 2 is 2.08 bits per heavy atom. The maximum Gasteiger partial charge on any atom is 0.178 e. The first-order valence-electron chi connectivity index (χ1n) is 9.58. The molecule has 0 heterocycles. The van der Waals surface area contributed by atoms with Gasteiger partial charge in [0.1, 0.15) is 6.17 Å². The van der Waals surface area contributed by atoms with Gasteiger partial charge in [-0.3, -0.25) is 4.79 Å². The minimum atomic E-state index is -1.06. The van der Waals surface area contributed by atoms with Gasteiger partial charge in [0.15, 0.2) is 5.78 Å². The molecule has 0 radical (unpaired) electrons. The Hall–Kier alpha value is -0.960. The summed E-state index contributed by atoms with van der Waals surface area (Å²) in [5, 5.41) is 11.1. The Bertz CT molecular complexity index is 623. The summed E-state index contributed by atoms with van der Waals surface area (Å²) in [7, 11) is 0. The summed E-state index contributed by atoms with van der Waals surface area (Å²) in [5.41, 5.74) is 0.228. The monoisotopic (exact) mass is 332 g/mol. The molecule has 0 spiro atoms. The molecule has 4 rings (SSSR count). The molecule has 0 aromatic carbocycles. The van der Waals surface area contributed by atoms with Gasteiger partial charge in [0.2, 0.25) is 0 Å². The molecule has 0 saturated heterocycles. The van der Waals surface area contributed by atoms with Crippen molar-refractivity contribution in [2.24, 2.45) is 34.5 Å². The number of carbonyl (C=O) groups excluding carboxylic acids is 1. The Morgan fingerprint density at radius 3 is 2.79 bits per heavy atom. The molecule has 0 aromatic rings. The topological polar surface area (TPSA) is 37.3 Å². The molecular formula is C21H29FO2. The molecule has 0 unspecified atom stereocenters. The van der Waals surface area contributed by atoms with Crippen LogP contribution in [0.4, 0.5) is 4.39 Å². The lowest BCUT2D eigenvalue weighted by Crippen LogP contribution is -2.57. The number of rotatable bonds is 1. The zero-order chi connectivity index (χ0) is 17.3. The Labute approximate surface area is 144 Å². The van der Waals surface area contributed by atoms with Crippen LogP contribution < -0.4 is 0 Å². The maximum atomic E-state index is 15.1. The van der Waals surface area contributed by atoms with Crippen molar-refractivity contribution in [3.63, 3.8) is 0 Å². The summed E-state index contributed by atoms with van der Waals surface area (Å²) in [5.74, 6) is 1.27. The van der Waals surface area contributed by atoms with Gasteiger partial charge in [-0.1, -0.05) is 33.3 Å². The van der Waals surface area contributed by atoms with Crippen molar-refractivity contribution < 1.29 is 14.3 Å². The van der Waals surface area contributed by atoms with Gasteiger partial charge in [-0.25, -0.2) is 4.39 Å². The molecule has 132 valence electrons. The minimum Gasteiger partial charge on any atom is -0.393 e. The second-order valence-electron chi connectivity index (χ2n) is 9.08. The van der Waals surface area contributed by atoms with Crippen LogP contribution in [0.15, 0.2) is 23.8 Å². The summed E-state index contributed by atoms with van der Waals surface area (Å²) in [6, 6.07) is 0. The summed E-state index contributed by atoms with van der Waals surface area (Å²) < 4.78 is 15.1. The first kappa shape index (κ1) is 16.5. The van der Waals surface area contributed by atoms with E-state index < -0.39 is 17.7 Å². The van der Waals surface area contributed by atoms with Crippen LogP contribution in [0.25, 0.3) is 0 Å². The van der Waals surface area contributed by atoms with Crippen molar-refractivity contribution in [3.05, 3.63) is 23.8 Å². The molecular weight excluding hydrogens is 303 g/mol. The van der Waals surface area contributed by atoms with Crippen molar-refractivity contribution in [1.82, 2.24) is 0 Å². The van der Waals surface area contributed by atoms with Crippen LogP contribution in [0.3, 0.4) is 0 Å². The summed E-state index contributed by atoms with van der Waals surface area (Å²) in [6.07, 6.45) is 8.28. The van der Waals surface area contributed by atoms with Crippen LogP contribution in [-0.2, 0) is 4.79 Å². The third-order valence-electron chi connectivity index (χ3n) is 8.16. The normalized spacial score (nSPS) is 53.2. The number of halogens is 1. The van der Waals surface area contributed by atoms with E-state index in [1.54, 1.807) is 6.08 Å². The number of carbonyl (C=O) groups is 1. The molecule has 0 bridgehead atoms. The summed E-state index contributed by atoms with van der Waals surface area (Å²) in [6.45, 7) is 6.61. The van der Waals surface area contributed by atoms with E-state index in [2.05, 4.69) is 13.8 Å². The third kappa shape index (κ3) is 2.00. The predicted octanol–water partition coefficient (Wildman–Crippen LogP) is 4.24. The summed E-state index contributed by atoms with van der Waals surface area (Å²) >= 11 is 0. The molecule has 3 heteroatoms. The number of fused-ring (bicyclic) bond motifs is 5. The van der Waals surface area contributed by atoms with Gasteiger partial charge in [0.25, 0.3) is 0 Å². The fourth-order valence-corrected chi connectivity index (χ4v) is 7.11. The largest absolute Gasteiger partial charge is 0.393 e. The average molecular weight is 332 g/mol. The fraction of sp³-hybridized carbons (Fsp3) is 0.762. The van der Waals surface area contributed by atoms with Crippen LogP contribution in [0.1, 0.15) is 52.9 Å². The zero-order valence-electron chi connectivity index (χ0n) is 15.0. The SMILES string of the molecule is CC[C@H]1CC[C@H]2[C@@H]3C[C@H](F)C4=CC(=O)C=C[C@]4(C)[C@H]3[C@@H](O)C[C@]12C. The molecule has 2 nitrogen and oxygen atoms in total. The van der Waals surface area contributed by atoms with Gasteiger partial charge in [-0.2, -0.15) is 0 Å². The van der Waals surface area contributed by atoms with Crippen molar-refractivity contribution in [1.29, 1.82) is 0 Å². The van der Waals surface area contributed by atoms with E-state index in [0.717, 1.165) is 19.3 Å². The lowest BCUT2D eigenvalue weighted by molar-refractivity contribution is -0.125. The quantitative estimate of drug-likeness (QED) is 0.780. The molecule has 0 aliphatic heterocycles. The maximum absolute atomic E-state index is 15.1. The second kappa shape index (κ2) is 5.27. The third-order valence-corrected chi connectivity index (χ3v) is 8.16. The first-order chi connectivity index (χ1) is 11.3. The highest BCUT2D eigenvalue weighted by Gasteiger charge is 2.62. The number of hydrogen-bond acceptors (Lipinski definition) is 2.